The van der Waals surface area contributed by atoms with E-state index < -0.39 is 35.3 Å². The molecule has 8 nitrogen and oxygen atoms in total. The summed E-state index contributed by atoms with van der Waals surface area (Å²) in [5.74, 6) is -3.06. The lowest BCUT2D eigenvalue weighted by atomic mass is 9.94. The number of likely N-dealkylation sites (N-methyl/N-ethyl adjacent to an activating group) is 1. The molecule has 0 bridgehead atoms. The first-order valence-electron chi connectivity index (χ1n) is 10.0. The zero-order chi connectivity index (χ0) is 23.7. The highest BCUT2D eigenvalue weighted by Crippen LogP contribution is 2.40. The lowest BCUT2D eigenvalue weighted by Crippen LogP contribution is -2.35. The minimum atomic E-state index is -0.897. The number of carbonyl (C=O) groups excluding carboxylic acids is 3. The normalized spacial score (nSPS) is 18.0. The first-order chi connectivity index (χ1) is 15.1. The minimum Gasteiger partial charge on any atom is -0.507 e. The molecule has 9 heteroatoms. The predicted octanol–water partition coefficient (Wildman–Crippen LogP) is 2.54. The number of H-pyrrole nitrogens is 1. The summed E-state index contributed by atoms with van der Waals surface area (Å²) in [5.41, 5.74) is 1.61. The van der Waals surface area contributed by atoms with E-state index in [1.807, 2.05) is 19.0 Å². The van der Waals surface area contributed by atoms with Crippen molar-refractivity contribution in [2.75, 3.05) is 34.3 Å². The number of aromatic amines is 1. The number of likely N-dealkylation sites (tertiary alicyclic amines) is 1. The van der Waals surface area contributed by atoms with Crippen molar-refractivity contribution in [2.45, 2.75) is 19.9 Å². The van der Waals surface area contributed by atoms with Crippen LogP contribution in [0.3, 0.4) is 0 Å². The molecular weight excluding hydrogens is 417 g/mol. The van der Waals surface area contributed by atoms with Crippen molar-refractivity contribution in [3.8, 4) is 0 Å². The van der Waals surface area contributed by atoms with Gasteiger partial charge in [0.25, 0.3) is 11.7 Å². The van der Waals surface area contributed by atoms with Gasteiger partial charge in [-0.1, -0.05) is 12.1 Å². The van der Waals surface area contributed by atoms with Crippen LogP contribution in [0.15, 0.2) is 29.8 Å². The van der Waals surface area contributed by atoms with E-state index >= 15 is 0 Å². The Morgan fingerprint density at radius 1 is 1.22 bits per heavy atom. The summed E-state index contributed by atoms with van der Waals surface area (Å²) in [4.78, 5) is 44.1. The van der Waals surface area contributed by atoms with Gasteiger partial charge in [-0.2, -0.15) is 0 Å². The summed E-state index contributed by atoms with van der Waals surface area (Å²) in [6.45, 7) is 3.97. The number of hydrogen-bond donors (Lipinski definition) is 2. The van der Waals surface area contributed by atoms with Gasteiger partial charge in [-0.15, -0.1) is 0 Å². The zero-order valence-electron chi connectivity index (χ0n) is 18.7. The van der Waals surface area contributed by atoms with Crippen molar-refractivity contribution >= 4 is 23.4 Å². The number of methoxy groups -OCH3 is 1. The van der Waals surface area contributed by atoms with Gasteiger partial charge in [0.1, 0.15) is 17.3 Å². The van der Waals surface area contributed by atoms with Crippen LogP contribution in [-0.2, 0) is 14.3 Å². The molecule has 1 atom stereocenters. The van der Waals surface area contributed by atoms with Crippen LogP contribution in [0.1, 0.15) is 38.9 Å². The number of benzene rings is 1. The molecule has 2 N–H and O–H groups in total. The molecule has 0 spiro atoms. The molecule has 1 saturated heterocycles. The average Bonchev–Trinajstić information content (AvgIpc) is 3.18. The fourth-order valence-electron chi connectivity index (χ4n) is 3.96. The molecule has 32 heavy (non-hydrogen) atoms. The van der Waals surface area contributed by atoms with Gasteiger partial charge in [0.05, 0.1) is 18.7 Å². The van der Waals surface area contributed by atoms with Gasteiger partial charge >= 0.3 is 5.97 Å². The smallest absolute Gasteiger partial charge is 0.354 e. The number of nitrogens with zero attached hydrogens (tertiary/aromatic N) is 2. The summed E-state index contributed by atoms with van der Waals surface area (Å²) in [5, 5.41) is 11.2. The van der Waals surface area contributed by atoms with Crippen molar-refractivity contribution in [3.63, 3.8) is 0 Å². The molecule has 1 aromatic heterocycles. The fraction of sp³-hybridized carbons (Fsp3) is 0.348. The van der Waals surface area contributed by atoms with Crippen molar-refractivity contribution < 1.29 is 28.6 Å². The Labute approximate surface area is 185 Å². The number of ketones is 1. The third-order valence-corrected chi connectivity index (χ3v) is 5.58. The zero-order valence-corrected chi connectivity index (χ0v) is 18.7. The van der Waals surface area contributed by atoms with Crippen LogP contribution in [0.5, 0.6) is 0 Å². The summed E-state index contributed by atoms with van der Waals surface area (Å²) in [7, 11) is 4.91. The molecule has 3 rings (SSSR count). The van der Waals surface area contributed by atoms with Gasteiger partial charge in [0.15, 0.2) is 0 Å². The highest BCUT2D eigenvalue weighted by molar-refractivity contribution is 6.46. The molecule has 0 aliphatic carbocycles. The molecule has 1 aliphatic heterocycles. The summed E-state index contributed by atoms with van der Waals surface area (Å²) in [6, 6.07) is 4.55. The SMILES string of the molecule is COC(=O)c1[nH]c(C)c(/C(O)=C2\C(=O)C(=O)N(CCN(C)C)[C@@H]2c2ccc(F)cc2)c1C. The number of aliphatic hydroxyl groups is 1. The number of ether oxygens (including phenoxy) is 1. The van der Waals surface area contributed by atoms with Crippen molar-refractivity contribution in [1.29, 1.82) is 0 Å². The Kier molecular flexibility index (Phi) is 6.50. The molecule has 1 amide bonds. The Balaban J connectivity index is 2.21. The standard InChI is InChI=1S/C23H26FN3O5/c1-12-16(13(2)25-18(12)23(31)32-5)20(28)17-19(14-6-8-15(24)9-7-14)27(11-10-26(3)4)22(30)21(17)29/h6-9,19,25,28H,10-11H2,1-5H3/b20-17+/t19-/m1/s1. The van der Waals surface area contributed by atoms with Gasteiger partial charge in [0, 0.05) is 24.3 Å². The predicted molar refractivity (Wildman–Crippen MR) is 116 cm³/mol. The number of esters is 1. The first-order valence-corrected chi connectivity index (χ1v) is 10.0. The molecule has 2 heterocycles. The van der Waals surface area contributed by atoms with E-state index in [-0.39, 0.29) is 23.4 Å². The molecule has 0 unspecified atom stereocenters. The van der Waals surface area contributed by atoms with E-state index in [1.54, 1.807) is 13.8 Å². The second-order valence-corrected chi connectivity index (χ2v) is 7.96. The average molecular weight is 443 g/mol. The Morgan fingerprint density at radius 3 is 2.41 bits per heavy atom. The minimum absolute atomic E-state index is 0.109. The van der Waals surface area contributed by atoms with Gasteiger partial charge < -0.3 is 24.6 Å². The molecule has 0 saturated carbocycles. The van der Waals surface area contributed by atoms with Crippen LogP contribution in [0, 0.1) is 19.7 Å². The Hall–Kier alpha value is -3.46. The molecule has 1 fully saturated rings. The van der Waals surface area contributed by atoms with E-state index in [0.717, 1.165) is 0 Å². The van der Waals surface area contributed by atoms with Crippen LogP contribution < -0.4 is 0 Å². The lowest BCUT2D eigenvalue weighted by molar-refractivity contribution is -0.140. The number of aryl methyl sites for hydroxylation is 1. The van der Waals surface area contributed by atoms with E-state index in [4.69, 9.17) is 4.74 Å². The molecule has 1 aromatic carbocycles. The molecule has 170 valence electrons. The second kappa shape index (κ2) is 8.96. The number of nitrogens with one attached hydrogen (secondary N) is 1. The van der Waals surface area contributed by atoms with E-state index in [9.17, 15) is 23.9 Å². The third kappa shape index (κ3) is 4.03. The van der Waals surface area contributed by atoms with Crippen molar-refractivity contribution in [2.24, 2.45) is 0 Å². The van der Waals surface area contributed by atoms with E-state index in [2.05, 4.69) is 4.98 Å². The summed E-state index contributed by atoms with van der Waals surface area (Å²) in [6.07, 6.45) is 0. The third-order valence-electron chi connectivity index (χ3n) is 5.58. The van der Waals surface area contributed by atoms with Crippen LogP contribution >= 0.6 is 0 Å². The number of amides is 1. The van der Waals surface area contributed by atoms with Gasteiger partial charge in [0.2, 0.25) is 0 Å². The van der Waals surface area contributed by atoms with Gasteiger partial charge in [-0.25, -0.2) is 9.18 Å². The van der Waals surface area contributed by atoms with E-state index in [0.29, 0.717) is 23.4 Å². The number of aromatic nitrogens is 1. The van der Waals surface area contributed by atoms with Crippen molar-refractivity contribution in [1.82, 2.24) is 14.8 Å². The quantitative estimate of drug-likeness (QED) is 0.308. The highest BCUT2D eigenvalue weighted by Gasteiger charge is 2.46. The van der Waals surface area contributed by atoms with Crippen LogP contribution in [0.2, 0.25) is 0 Å². The number of hydrogen-bond acceptors (Lipinski definition) is 6. The molecule has 2 aromatic rings. The highest BCUT2D eigenvalue weighted by atomic mass is 19.1. The number of rotatable bonds is 6. The maximum atomic E-state index is 13.6. The van der Waals surface area contributed by atoms with Gasteiger partial charge in [-0.05, 0) is 51.2 Å². The topological polar surface area (TPSA) is 103 Å². The Morgan fingerprint density at radius 2 is 1.84 bits per heavy atom. The number of halogens is 1. The van der Waals surface area contributed by atoms with E-state index in [1.165, 1.54) is 36.3 Å². The first kappa shape index (κ1) is 23.2. The lowest BCUT2D eigenvalue weighted by Gasteiger charge is -2.26. The second-order valence-electron chi connectivity index (χ2n) is 7.96. The van der Waals surface area contributed by atoms with Gasteiger partial charge in [-0.3, -0.25) is 9.59 Å². The largest absolute Gasteiger partial charge is 0.507 e. The Bertz CT molecular complexity index is 1100. The van der Waals surface area contributed by atoms with Crippen molar-refractivity contribution in [3.05, 3.63) is 63.7 Å². The van der Waals surface area contributed by atoms with Crippen LogP contribution in [0.25, 0.3) is 5.76 Å². The maximum Gasteiger partial charge on any atom is 0.354 e. The molecule has 0 radical (unpaired) electrons. The summed E-state index contributed by atoms with van der Waals surface area (Å²) < 4.78 is 18.3. The number of carbonyl (C=O) groups is 3. The van der Waals surface area contributed by atoms with Crippen LogP contribution in [0.4, 0.5) is 4.39 Å². The number of aliphatic hydroxyl groups excluding tert-OH is 1. The molecular formula is C23H26FN3O5. The monoisotopic (exact) mass is 443 g/mol. The maximum absolute atomic E-state index is 13.6. The number of Topliss-reactive ketones (excluding diaryl/α,β-unsaturated/α-hetero) is 1. The fourth-order valence-corrected chi connectivity index (χ4v) is 3.96. The summed E-state index contributed by atoms with van der Waals surface area (Å²) >= 11 is 0. The molecule has 1 aliphatic rings. The van der Waals surface area contributed by atoms with Crippen LogP contribution in [-0.4, -0.2) is 71.8 Å².